The highest BCUT2D eigenvalue weighted by atomic mass is 35.5. The summed E-state index contributed by atoms with van der Waals surface area (Å²) in [6, 6.07) is 8.32. The van der Waals surface area contributed by atoms with Crippen LogP contribution in [0.5, 0.6) is 0 Å². The van der Waals surface area contributed by atoms with E-state index in [0.717, 1.165) is 11.1 Å². The Bertz CT molecular complexity index is 1000. The van der Waals surface area contributed by atoms with Crippen LogP contribution in [0.4, 0.5) is 5.69 Å². The molecule has 1 unspecified atom stereocenters. The molecule has 1 N–H and O–H groups in total. The van der Waals surface area contributed by atoms with Crippen molar-refractivity contribution in [3.8, 4) is 0 Å². The molecule has 2 aromatic rings. The molecule has 0 bridgehead atoms. The minimum Gasteiger partial charge on any atom is -0.322 e. The number of carbonyl (C=O) groups is 1. The van der Waals surface area contributed by atoms with Crippen molar-refractivity contribution in [3.63, 3.8) is 0 Å². The zero-order valence-corrected chi connectivity index (χ0v) is 18.3. The quantitative estimate of drug-likeness (QED) is 0.728. The van der Waals surface area contributed by atoms with Crippen molar-refractivity contribution in [1.82, 2.24) is 14.2 Å². The summed E-state index contributed by atoms with van der Waals surface area (Å²) in [7, 11) is -3.55. The molecule has 1 fully saturated rings. The molecule has 29 heavy (non-hydrogen) atoms. The van der Waals surface area contributed by atoms with Gasteiger partial charge < -0.3 is 5.32 Å². The highest BCUT2D eigenvalue weighted by Crippen LogP contribution is 2.23. The molecular weight excluding hydrogens is 412 g/mol. The Labute approximate surface area is 176 Å². The number of halogens is 1. The lowest BCUT2D eigenvalue weighted by Crippen LogP contribution is -2.54. The number of amides is 1. The van der Waals surface area contributed by atoms with Crippen LogP contribution < -0.4 is 5.32 Å². The largest absolute Gasteiger partial charge is 0.322 e. The molecule has 1 saturated heterocycles. The number of pyridine rings is 1. The zero-order chi connectivity index (χ0) is 21.2. The molecule has 3 rings (SSSR count). The average molecular weight is 437 g/mol. The maximum Gasteiger partial charge on any atom is 0.243 e. The molecule has 1 amide bonds. The van der Waals surface area contributed by atoms with Crippen molar-refractivity contribution in [3.05, 3.63) is 52.8 Å². The number of anilines is 1. The summed E-state index contributed by atoms with van der Waals surface area (Å²) in [6.45, 7) is 7.16. The van der Waals surface area contributed by atoms with Gasteiger partial charge in [0.15, 0.2) is 5.15 Å². The van der Waals surface area contributed by atoms with Gasteiger partial charge in [0.05, 0.1) is 16.6 Å². The normalized spacial score (nSPS) is 17.1. The zero-order valence-electron chi connectivity index (χ0n) is 16.7. The highest BCUT2D eigenvalue weighted by molar-refractivity contribution is 7.89. The molecule has 1 aromatic heterocycles. The van der Waals surface area contributed by atoms with E-state index in [4.69, 9.17) is 11.6 Å². The smallest absolute Gasteiger partial charge is 0.243 e. The van der Waals surface area contributed by atoms with Gasteiger partial charge in [-0.25, -0.2) is 13.4 Å². The molecule has 0 aliphatic carbocycles. The molecule has 1 aliphatic rings. The van der Waals surface area contributed by atoms with E-state index in [-0.39, 0.29) is 11.1 Å². The SMILES string of the molecule is Cc1ccc(S(=O)(=O)N2CCN(C(C)C(=O)Nc3cccnc3Cl)CC2)c(C)c1. The van der Waals surface area contributed by atoms with Crippen molar-refractivity contribution in [2.45, 2.75) is 31.7 Å². The fourth-order valence-corrected chi connectivity index (χ4v) is 5.24. The second-order valence-electron chi connectivity index (χ2n) is 7.22. The van der Waals surface area contributed by atoms with E-state index >= 15 is 0 Å². The molecule has 0 radical (unpaired) electrons. The summed E-state index contributed by atoms with van der Waals surface area (Å²) in [5, 5.41) is 3.01. The van der Waals surface area contributed by atoms with Gasteiger partial charge in [-0.05, 0) is 44.5 Å². The van der Waals surface area contributed by atoms with Gasteiger partial charge in [-0.15, -0.1) is 0 Å². The standard InChI is InChI=1S/C20H25ClN4O3S/c1-14-6-7-18(15(2)13-14)29(27,28)25-11-9-24(10-12-25)16(3)20(26)23-17-5-4-8-22-19(17)21/h4-8,13,16H,9-12H2,1-3H3,(H,23,26). The Balaban J connectivity index is 1.63. The van der Waals surface area contributed by atoms with Gasteiger partial charge >= 0.3 is 0 Å². The first-order valence-corrected chi connectivity index (χ1v) is 11.2. The summed E-state index contributed by atoms with van der Waals surface area (Å²) >= 11 is 6.00. The maximum absolute atomic E-state index is 13.0. The Morgan fingerprint density at radius 1 is 1.17 bits per heavy atom. The lowest BCUT2D eigenvalue weighted by Gasteiger charge is -2.36. The predicted molar refractivity (Wildman–Crippen MR) is 114 cm³/mol. The van der Waals surface area contributed by atoms with E-state index in [2.05, 4.69) is 10.3 Å². The van der Waals surface area contributed by atoms with Gasteiger partial charge in [0.2, 0.25) is 15.9 Å². The van der Waals surface area contributed by atoms with Gasteiger partial charge in [0.25, 0.3) is 0 Å². The van der Waals surface area contributed by atoms with Gasteiger partial charge in [0.1, 0.15) is 0 Å². The number of rotatable bonds is 5. The monoisotopic (exact) mass is 436 g/mol. The van der Waals surface area contributed by atoms with Crippen molar-refractivity contribution in [1.29, 1.82) is 0 Å². The van der Waals surface area contributed by atoms with Crippen LogP contribution in [-0.4, -0.2) is 60.7 Å². The summed E-state index contributed by atoms with van der Waals surface area (Å²) in [5.74, 6) is -0.203. The van der Waals surface area contributed by atoms with Crippen molar-refractivity contribution >= 4 is 33.2 Å². The Morgan fingerprint density at radius 2 is 1.86 bits per heavy atom. The highest BCUT2D eigenvalue weighted by Gasteiger charge is 2.32. The number of hydrogen-bond acceptors (Lipinski definition) is 5. The van der Waals surface area contributed by atoms with E-state index in [1.165, 1.54) is 4.31 Å². The molecule has 1 aliphatic heterocycles. The van der Waals surface area contributed by atoms with E-state index in [1.807, 2.05) is 30.9 Å². The third-order valence-corrected chi connectivity index (χ3v) is 7.53. The van der Waals surface area contributed by atoms with Gasteiger partial charge in [-0.1, -0.05) is 29.3 Å². The molecule has 9 heteroatoms. The number of aromatic nitrogens is 1. The lowest BCUT2D eigenvalue weighted by molar-refractivity contribution is -0.121. The molecular formula is C20H25ClN4O3S. The molecule has 0 saturated carbocycles. The first-order chi connectivity index (χ1) is 13.7. The minimum absolute atomic E-state index is 0.203. The van der Waals surface area contributed by atoms with Crippen molar-refractivity contribution in [2.24, 2.45) is 0 Å². The Hall–Kier alpha value is -2.00. The maximum atomic E-state index is 13.0. The van der Waals surface area contributed by atoms with Crippen LogP contribution >= 0.6 is 11.6 Å². The number of aryl methyl sites for hydroxylation is 2. The van der Waals surface area contributed by atoms with Gasteiger partial charge in [-0.3, -0.25) is 9.69 Å². The van der Waals surface area contributed by atoms with E-state index in [1.54, 1.807) is 31.3 Å². The Morgan fingerprint density at radius 3 is 2.48 bits per heavy atom. The van der Waals surface area contributed by atoms with Gasteiger partial charge in [0, 0.05) is 32.4 Å². The van der Waals surface area contributed by atoms with Crippen LogP contribution in [0.1, 0.15) is 18.1 Å². The molecule has 156 valence electrons. The van der Waals surface area contributed by atoms with Crippen LogP contribution in [0, 0.1) is 13.8 Å². The molecule has 1 atom stereocenters. The van der Waals surface area contributed by atoms with Crippen LogP contribution in [0.25, 0.3) is 0 Å². The number of benzene rings is 1. The van der Waals surface area contributed by atoms with Crippen LogP contribution in [-0.2, 0) is 14.8 Å². The first-order valence-electron chi connectivity index (χ1n) is 9.43. The average Bonchev–Trinajstić information content (AvgIpc) is 2.69. The van der Waals surface area contributed by atoms with Gasteiger partial charge in [-0.2, -0.15) is 4.31 Å². The predicted octanol–water partition coefficient (Wildman–Crippen LogP) is 2.69. The summed E-state index contributed by atoms with van der Waals surface area (Å²) in [6.07, 6.45) is 1.55. The van der Waals surface area contributed by atoms with Crippen molar-refractivity contribution in [2.75, 3.05) is 31.5 Å². The molecule has 0 spiro atoms. The first kappa shape index (κ1) is 21.7. The van der Waals surface area contributed by atoms with Crippen molar-refractivity contribution < 1.29 is 13.2 Å². The fourth-order valence-electron chi connectivity index (χ4n) is 3.44. The number of hydrogen-bond donors (Lipinski definition) is 1. The molecule has 1 aromatic carbocycles. The van der Waals surface area contributed by atoms with Crippen LogP contribution in [0.2, 0.25) is 5.15 Å². The fraction of sp³-hybridized carbons (Fsp3) is 0.400. The van der Waals surface area contributed by atoms with E-state index in [9.17, 15) is 13.2 Å². The minimum atomic E-state index is -3.55. The third kappa shape index (κ3) is 4.78. The second-order valence-corrected chi connectivity index (χ2v) is 9.48. The lowest BCUT2D eigenvalue weighted by atomic mass is 10.2. The van der Waals surface area contributed by atoms with Crippen LogP contribution in [0.3, 0.4) is 0 Å². The topological polar surface area (TPSA) is 82.6 Å². The molecule has 7 nitrogen and oxygen atoms in total. The number of carbonyl (C=O) groups excluding carboxylic acids is 1. The summed E-state index contributed by atoms with van der Waals surface area (Å²) in [5.41, 5.74) is 2.23. The summed E-state index contributed by atoms with van der Waals surface area (Å²) in [4.78, 5) is 18.8. The number of piperazine rings is 1. The number of nitrogens with one attached hydrogen (secondary N) is 1. The van der Waals surface area contributed by atoms with E-state index in [0.29, 0.717) is 36.8 Å². The number of nitrogens with zero attached hydrogens (tertiary/aromatic N) is 3. The molecule has 2 heterocycles. The van der Waals surface area contributed by atoms with E-state index < -0.39 is 16.1 Å². The Kier molecular flexibility index (Phi) is 6.58. The summed E-state index contributed by atoms with van der Waals surface area (Å²) < 4.78 is 27.5. The second kappa shape index (κ2) is 8.79. The van der Waals surface area contributed by atoms with Crippen LogP contribution in [0.15, 0.2) is 41.4 Å². The third-order valence-electron chi connectivity index (χ3n) is 5.17. The number of sulfonamides is 1.